The van der Waals surface area contributed by atoms with E-state index in [1.165, 1.54) is 6.42 Å². The molecule has 0 radical (unpaired) electrons. The van der Waals surface area contributed by atoms with Crippen LogP contribution in [0.5, 0.6) is 0 Å². The lowest BCUT2D eigenvalue weighted by Gasteiger charge is -2.25. The molecule has 1 aliphatic rings. The van der Waals surface area contributed by atoms with Crippen LogP contribution in [0.2, 0.25) is 0 Å². The number of carbonyl (C=O) groups excluding carboxylic acids is 1. The Morgan fingerprint density at radius 3 is 2.50 bits per heavy atom. The van der Waals surface area contributed by atoms with Gasteiger partial charge in [-0.3, -0.25) is 4.79 Å². The zero-order chi connectivity index (χ0) is 8.81. The highest BCUT2D eigenvalue weighted by atomic mass is 16.1. The van der Waals surface area contributed by atoms with E-state index in [2.05, 4.69) is 4.90 Å². The smallest absolute Gasteiger partial charge is 0.135 e. The summed E-state index contributed by atoms with van der Waals surface area (Å²) < 4.78 is 0. The maximum atomic E-state index is 10.9. The van der Waals surface area contributed by atoms with E-state index in [0.717, 1.165) is 45.4 Å². The first-order chi connectivity index (χ1) is 5.83. The van der Waals surface area contributed by atoms with Crippen molar-refractivity contribution in [1.29, 1.82) is 0 Å². The summed E-state index contributed by atoms with van der Waals surface area (Å²) in [5, 5.41) is 0. The zero-order valence-electron chi connectivity index (χ0n) is 7.59. The number of nitrogens with two attached hydrogens (primary N) is 1. The second-order valence-corrected chi connectivity index (χ2v) is 3.38. The molecule has 3 nitrogen and oxygen atoms in total. The number of hydrogen-bond donors (Lipinski definition) is 1. The third-order valence-electron chi connectivity index (χ3n) is 2.34. The minimum atomic E-state index is 0.421. The van der Waals surface area contributed by atoms with Gasteiger partial charge in [-0.25, -0.2) is 0 Å². The molecular weight excluding hydrogens is 152 g/mol. The van der Waals surface area contributed by atoms with E-state index in [1.807, 2.05) is 0 Å². The maximum Gasteiger partial charge on any atom is 0.135 e. The fourth-order valence-corrected chi connectivity index (χ4v) is 1.51. The summed E-state index contributed by atoms with van der Waals surface area (Å²) >= 11 is 0. The molecule has 0 spiro atoms. The quantitative estimate of drug-likeness (QED) is 0.621. The minimum absolute atomic E-state index is 0.421. The van der Waals surface area contributed by atoms with Crippen LogP contribution in [0.3, 0.4) is 0 Å². The van der Waals surface area contributed by atoms with E-state index in [1.54, 1.807) is 0 Å². The molecule has 70 valence electrons. The summed E-state index contributed by atoms with van der Waals surface area (Å²) in [6.07, 6.45) is 3.78. The third-order valence-corrected chi connectivity index (χ3v) is 2.34. The molecule has 0 aromatic carbocycles. The Kier molecular flexibility index (Phi) is 4.25. The average Bonchev–Trinajstić information content (AvgIpc) is 2.09. The van der Waals surface area contributed by atoms with Gasteiger partial charge in [-0.05, 0) is 25.9 Å². The van der Waals surface area contributed by atoms with E-state index in [0.29, 0.717) is 5.78 Å². The molecule has 0 saturated carbocycles. The van der Waals surface area contributed by atoms with Crippen molar-refractivity contribution in [2.45, 2.75) is 25.7 Å². The minimum Gasteiger partial charge on any atom is -0.330 e. The summed E-state index contributed by atoms with van der Waals surface area (Å²) in [5.41, 5.74) is 5.39. The van der Waals surface area contributed by atoms with Crippen LogP contribution in [0.4, 0.5) is 0 Å². The molecule has 2 N–H and O–H groups in total. The van der Waals surface area contributed by atoms with Gasteiger partial charge in [-0.1, -0.05) is 0 Å². The Bertz CT molecular complexity index is 137. The topological polar surface area (TPSA) is 46.3 Å². The number of Topliss-reactive ketones (excluding diaryl/α,β-unsaturated/α-hetero) is 1. The summed E-state index contributed by atoms with van der Waals surface area (Å²) in [4.78, 5) is 13.3. The lowest BCUT2D eigenvalue weighted by molar-refractivity contribution is -0.121. The third kappa shape index (κ3) is 3.32. The van der Waals surface area contributed by atoms with E-state index in [9.17, 15) is 4.79 Å². The fraction of sp³-hybridized carbons (Fsp3) is 0.889. The first kappa shape index (κ1) is 9.68. The van der Waals surface area contributed by atoms with Crippen LogP contribution in [-0.2, 0) is 4.79 Å². The van der Waals surface area contributed by atoms with Crippen molar-refractivity contribution in [3.63, 3.8) is 0 Å². The van der Waals surface area contributed by atoms with Crippen LogP contribution < -0.4 is 5.73 Å². The van der Waals surface area contributed by atoms with Crippen molar-refractivity contribution in [2.24, 2.45) is 5.73 Å². The number of unbranched alkanes of at least 4 members (excludes halogenated alkanes) is 1. The van der Waals surface area contributed by atoms with Crippen molar-refractivity contribution in [1.82, 2.24) is 4.90 Å². The van der Waals surface area contributed by atoms with Crippen molar-refractivity contribution < 1.29 is 4.79 Å². The molecule has 0 aliphatic carbocycles. The molecule has 3 heteroatoms. The highest BCUT2D eigenvalue weighted by molar-refractivity contribution is 5.79. The summed E-state index contributed by atoms with van der Waals surface area (Å²) in [5.74, 6) is 0.421. The molecule has 0 bridgehead atoms. The zero-order valence-corrected chi connectivity index (χ0v) is 7.59. The summed E-state index contributed by atoms with van der Waals surface area (Å²) in [6.45, 7) is 3.82. The lowest BCUT2D eigenvalue weighted by Crippen LogP contribution is -2.34. The average molecular weight is 170 g/mol. The lowest BCUT2D eigenvalue weighted by atomic mass is 10.1. The van der Waals surface area contributed by atoms with E-state index < -0.39 is 0 Å². The van der Waals surface area contributed by atoms with Gasteiger partial charge in [0.05, 0.1) is 0 Å². The monoisotopic (exact) mass is 170 g/mol. The Morgan fingerprint density at radius 1 is 1.25 bits per heavy atom. The van der Waals surface area contributed by atoms with Crippen molar-refractivity contribution >= 4 is 5.78 Å². The van der Waals surface area contributed by atoms with E-state index in [-0.39, 0.29) is 0 Å². The van der Waals surface area contributed by atoms with Gasteiger partial charge in [0.2, 0.25) is 0 Å². The largest absolute Gasteiger partial charge is 0.330 e. The maximum absolute atomic E-state index is 10.9. The standard InChI is InChI=1S/C9H18N2O/c10-5-1-2-6-11-7-3-9(12)4-8-11/h1-8,10H2. The van der Waals surface area contributed by atoms with Crippen LogP contribution in [0.25, 0.3) is 0 Å². The summed E-state index contributed by atoms with van der Waals surface area (Å²) in [7, 11) is 0. The number of hydrogen-bond acceptors (Lipinski definition) is 3. The highest BCUT2D eigenvalue weighted by Crippen LogP contribution is 2.06. The Balaban J connectivity index is 2.05. The summed E-state index contributed by atoms with van der Waals surface area (Å²) in [6, 6.07) is 0. The van der Waals surface area contributed by atoms with Gasteiger partial charge in [-0.15, -0.1) is 0 Å². The molecule has 0 aromatic heterocycles. The number of piperidine rings is 1. The van der Waals surface area contributed by atoms with Gasteiger partial charge >= 0.3 is 0 Å². The SMILES string of the molecule is NCCCCN1CCC(=O)CC1. The van der Waals surface area contributed by atoms with E-state index >= 15 is 0 Å². The predicted octanol–water partition coefficient (Wildman–Crippen LogP) is 0.390. The van der Waals surface area contributed by atoms with Crippen LogP contribution >= 0.6 is 0 Å². The van der Waals surface area contributed by atoms with E-state index in [4.69, 9.17) is 5.73 Å². The first-order valence-corrected chi connectivity index (χ1v) is 4.77. The molecular formula is C9H18N2O. The van der Waals surface area contributed by atoms with Crippen LogP contribution in [-0.4, -0.2) is 36.9 Å². The Morgan fingerprint density at radius 2 is 1.92 bits per heavy atom. The molecule has 0 aromatic rings. The van der Waals surface area contributed by atoms with Gasteiger partial charge < -0.3 is 10.6 Å². The molecule has 1 heterocycles. The number of rotatable bonds is 4. The Labute approximate surface area is 73.9 Å². The van der Waals surface area contributed by atoms with Gasteiger partial charge in [0, 0.05) is 25.9 Å². The highest BCUT2D eigenvalue weighted by Gasteiger charge is 2.14. The second-order valence-electron chi connectivity index (χ2n) is 3.38. The molecule has 0 atom stereocenters. The van der Waals surface area contributed by atoms with Gasteiger partial charge in [0.25, 0.3) is 0 Å². The van der Waals surface area contributed by atoms with Crippen LogP contribution in [0.15, 0.2) is 0 Å². The number of ketones is 1. The molecule has 1 aliphatic heterocycles. The Hall–Kier alpha value is -0.410. The fourth-order valence-electron chi connectivity index (χ4n) is 1.51. The number of nitrogens with zero attached hydrogens (tertiary/aromatic N) is 1. The number of carbonyl (C=O) groups is 1. The van der Waals surface area contributed by atoms with Gasteiger partial charge in [0.15, 0.2) is 0 Å². The second kappa shape index (κ2) is 5.27. The predicted molar refractivity (Wildman–Crippen MR) is 49.0 cm³/mol. The molecule has 1 fully saturated rings. The van der Waals surface area contributed by atoms with Crippen molar-refractivity contribution in [3.8, 4) is 0 Å². The first-order valence-electron chi connectivity index (χ1n) is 4.77. The van der Waals surface area contributed by atoms with Gasteiger partial charge in [0.1, 0.15) is 5.78 Å². The molecule has 0 amide bonds. The normalized spacial score (nSPS) is 19.9. The van der Waals surface area contributed by atoms with Crippen LogP contribution in [0, 0.1) is 0 Å². The molecule has 1 saturated heterocycles. The number of likely N-dealkylation sites (tertiary alicyclic amines) is 1. The van der Waals surface area contributed by atoms with Crippen LogP contribution in [0.1, 0.15) is 25.7 Å². The molecule has 0 unspecified atom stereocenters. The van der Waals surface area contributed by atoms with Crippen molar-refractivity contribution in [3.05, 3.63) is 0 Å². The molecule has 12 heavy (non-hydrogen) atoms. The van der Waals surface area contributed by atoms with Crippen molar-refractivity contribution in [2.75, 3.05) is 26.2 Å². The molecule has 1 rings (SSSR count). The van der Waals surface area contributed by atoms with Gasteiger partial charge in [-0.2, -0.15) is 0 Å².